The Balaban J connectivity index is 3.98. The van der Waals surface area contributed by atoms with Gasteiger partial charge in [0, 0.05) is 11.8 Å². The molecule has 0 aromatic rings. The monoisotopic (exact) mass is 228 g/mol. The molecule has 2 amide bonds. The molecule has 4 N–H and O–H groups in total. The Kier molecular flexibility index (Phi) is 7.60. The zero-order chi connectivity index (χ0) is 12.6. The predicted molar refractivity (Wildman–Crippen MR) is 64.4 cm³/mol. The summed E-state index contributed by atoms with van der Waals surface area (Å²) in [6.07, 6.45) is 5.71. The molecule has 4 nitrogen and oxygen atoms in total. The van der Waals surface area contributed by atoms with Crippen LogP contribution in [0.15, 0.2) is 0 Å². The van der Waals surface area contributed by atoms with E-state index in [1.54, 1.807) is 6.92 Å². The summed E-state index contributed by atoms with van der Waals surface area (Å²) in [7, 11) is 0. The van der Waals surface area contributed by atoms with Crippen molar-refractivity contribution in [2.24, 2.45) is 23.3 Å². The van der Waals surface area contributed by atoms with Gasteiger partial charge < -0.3 is 11.5 Å². The number of carbonyl (C=O) groups is 2. The van der Waals surface area contributed by atoms with Gasteiger partial charge >= 0.3 is 0 Å². The van der Waals surface area contributed by atoms with Gasteiger partial charge in [0.05, 0.1) is 0 Å². The average molecular weight is 228 g/mol. The molecule has 16 heavy (non-hydrogen) atoms. The van der Waals surface area contributed by atoms with Gasteiger partial charge in [0.15, 0.2) is 0 Å². The molecule has 2 atom stereocenters. The van der Waals surface area contributed by atoms with Crippen molar-refractivity contribution in [2.45, 2.75) is 52.4 Å². The minimum atomic E-state index is -0.361. The second-order valence-corrected chi connectivity index (χ2v) is 4.49. The van der Waals surface area contributed by atoms with E-state index in [2.05, 4.69) is 6.92 Å². The molecule has 0 bridgehead atoms. The molecule has 0 aliphatic rings. The maximum Gasteiger partial charge on any atom is 0.220 e. The average Bonchev–Trinajstić information content (AvgIpc) is 2.21. The molecule has 0 rings (SSSR count). The minimum absolute atomic E-state index is 0.209. The molecule has 0 aliphatic carbocycles. The van der Waals surface area contributed by atoms with E-state index < -0.39 is 0 Å². The lowest BCUT2D eigenvalue weighted by molar-refractivity contribution is -0.124. The Bertz CT molecular complexity index is 229. The summed E-state index contributed by atoms with van der Waals surface area (Å²) in [5.74, 6) is -1.16. The fourth-order valence-electron chi connectivity index (χ4n) is 1.74. The molecule has 0 aromatic heterocycles. The van der Waals surface area contributed by atoms with E-state index in [0.29, 0.717) is 6.42 Å². The van der Waals surface area contributed by atoms with Crippen molar-refractivity contribution in [1.82, 2.24) is 0 Å². The van der Waals surface area contributed by atoms with Crippen LogP contribution in [0.4, 0.5) is 0 Å². The normalized spacial score (nSPS) is 14.4. The van der Waals surface area contributed by atoms with Crippen molar-refractivity contribution in [3.63, 3.8) is 0 Å². The number of rotatable bonds is 9. The first-order valence-electron chi connectivity index (χ1n) is 6.07. The lowest BCUT2D eigenvalue weighted by atomic mass is 9.90. The Morgan fingerprint density at radius 2 is 1.69 bits per heavy atom. The topological polar surface area (TPSA) is 86.2 Å². The summed E-state index contributed by atoms with van der Waals surface area (Å²) >= 11 is 0. The summed E-state index contributed by atoms with van der Waals surface area (Å²) in [5, 5.41) is 0. The molecule has 2 unspecified atom stereocenters. The van der Waals surface area contributed by atoms with Crippen LogP contribution in [0.3, 0.4) is 0 Å². The van der Waals surface area contributed by atoms with Crippen molar-refractivity contribution in [3.8, 4) is 0 Å². The van der Waals surface area contributed by atoms with Crippen LogP contribution in [0.1, 0.15) is 52.4 Å². The second-order valence-electron chi connectivity index (χ2n) is 4.49. The molecule has 4 heteroatoms. The lowest BCUT2D eigenvalue weighted by Gasteiger charge is -2.16. The van der Waals surface area contributed by atoms with Crippen LogP contribution in [-0.2, 0) is 9.59 Å². The Morgan fingerprint density at radius 1 is 1.06 bits per heavy atom. The van der Waals surface area contributed by atoms with Gasteiger partial charge in [-0.2, -0.15) is 0 Å². The fraction of sp³-hybridized carbons (Fsp3) is 0.833. The molecule has 0 aliphatic heterocycles. The van der Waals surface area contributed by atoms with Gasteiger partial charge in [-0.1, -0.05) is 39.5 Å². The Labute approximate surface area is 97.8 Å². The number of primary amides is 2. The van der Waals surface area contributed by atoms with Gasteiger partial charge in [0.2, 0.25) is 11.8 Å². The highest BCUT2D eigenvalue weighted by Gasteiger charge is 2.20. The van der Waals surface area contributed by atoms with E-state index in [-0.39, 0.29) is 23.7 Å². The van der Waals surface area contributed by atoms with Gasteiger partial charge in [-0.25, -0.2) is 0 Å². The summed E-state index contributed by atoms with van der Waals surface area (Å²) in [4.78, 5) is 22.1. The first-order valence-corrected chi connectivity index (χ1v) is 6.07. The van der Waals surface area contributed by atoms with Crippen LogP contribution in [-0.4, -0.2) is 11.8 Å². The Morgan fingerprint density at radius 3 is 2.12 bits per heavy atom. The lowest BCUT2D eigenvalue weighted by Crippen LogP contribution is -2.29. The number of hydrogen-bond acceptors (Lipinski definition) is 2. The first kappa shape index (κ1) is 14.9. The molecule has 0 aromatic carbocycles. The van der Waals surface area contributed by atoms with Gasteiger partial charge in [-0.3, -0.25) is 9.59 Å². The third-order valence-electron chi connectivity index (χ3n) is 2.93. The van der Waals surface area contributed by atoms with Crippen LogP contribution >= 0.6 is 0 Å². The summed E-state index contributed by atoms with van der Waals surface area (Å²) in [5.41, 5.74) is 10.5. The van der Waals surface area contributed by atoms with E-state index >= 15 is 0 Å². The van der Waals surface area contributed by atoms with Crippen molar-refractivity contribution in [1.29, 1.82) is 0 Å². The molecule has 94 valence electrons. The van der Waals surface area contributed by atoms with Crippen molar-refractivity contribution < 1.29 is 9.59 Å². The molecule has 0 spiro atoms. The quantitative estimate of drug-likeness (QED) is 0.587. The van der Waals surface area contributed by atoms with Crippen LogP contribution in [0.25, 0.3) is 0 Å². The van der Waals surface area contributed by atoms with Gasteiger partial charge in [-0.15, -0.1) is 0 Å². The molecule has 0 heterocycles. The number of amides is 2. The zero-order valence-corrected chi connectivity index (χ0v) is 10.4. The molecule has 0 fully saturated rings. The van der Waals surface area contributed by atoms with Crippen LogP contribution in [0.2, 0.25) is 0 Å². The van der Waals surface area contributed by atoms with Crippen molar-refractivity contribution >= 4 is 11.8 Å². The number of hydrogen-bond donors (Lipinski definition) is 2. The van der Waals surface area contributed by atoms with E-state index in [0.717, 1.165) is 19.3 Å². The summed E-state index contributed by atoms with van der Waals surface area (Å²) < 4.78 is 0. The number of carbonyl (C=O) groups excluding carboxylic acids is 2. The molecule has 0 saturated heterocycles. The van der Waals surface area contributed by atoms with Crippen LogP contribution < -0.4 is 11.5 Å². The molecular formula is C12H24N2O2. The minimum Gasteiger partial charge on any atom is -0.369 e. The standard InChI is InChI=1S/C12H24N2O2/c1-3-4-5-6-7-10(12(14)16)8-9(2)11(13)15/h9-10H,3-8H2,1-2H3,(H2,13,15)(H2,14,16). The Hall–Kier alpha value is -1.06. The maximum atomic E-state index is 11.2. The SMILES string of the molecule is CCCCCCC(CC(C)C(N)=O)C(N)=O. The largest absolute Gasteiger partial charge is 0.369 e. The second kappa shape index (κ2) is 8.13. The third kappa shape index (κ3) is 6.43. The van der Waals surface area contributed by atoms with Crippen molar-refractivity contribution in [3.05, 3.63) is 0 Å². The molecule has 0 radical (unpaired) electrons. The van der Waals surface area contributed by atoms with Gasteiger partial charge in [0.1, 0.15) is 0 Å². The third-order valence-corrected chi connectivity index (χ3v) is 2.93. The summed E-state index contributed by atoms with van der Waals surface area (Å²) in [6.45, 7) is 3.88. The van der Waals surface area contributed by atoms with Gasteiger partial charge in [0.25, 0.3) is 0 Å². The van der Waals surface area contributed by atoms with E-state index in [1.807, 2.05) is 0 Å². The molecular weight excluding hydrogens is 204 g/mol. The van der Waals surface area contributed by atoms with E-state index in [4.69, 9.17) is 11.5 Å². The predicted octanol–water partition coefficient (Wildman–Crippen LogP) is 1.57. The number of nitrogens with two attached hydrogens (primary N) is 2. The highest BCUT2D eigenvalue weighted by molar-refractivity contribution is 5.79. The highest BCUT2D eigenvalue weighted by Crippen LogP contribution is 2.18. The fourth-order valence-corrected chi connectivity index (χ4v) is 1.74. The highest BCUT2D eigenvalue weighted by atomic mass is 16.1. The zero-order valence-electron chi connectivity index (χ0n) is 10.4. The first-order chi connectivity index (χ1) is 7.49. The van der Waals surface area contributed by atoms with Crippen LogP contribution in [0.5, 0.6) is 0 Å². The molecule has 0 saturated carbocycles. The van der Waals surface area contributed by atoms with E-state index in [9.17, 15) is 9.59 Å². The maximum absolute atomic E-state index is 11.2. The summed E-state index contributed by atoms with van der Waals surface area (Å²) in [6, 6.07) is 0. The number of unbranched alkanes of at least 4 members (excludes halogenated alkanes) is 3. The van der Waals surface area contributed by atoms with Crippen LogP contribution in [0, 0.1) is 11.8 Å². The smallest absolute Gasteiger partial charge is 0.220 e. The van der Waals surface area contributed by atoms with E-state index in [1.165, 1.54) is 12.8 Å². The van der Waals surface area contributed by atoms with Crippen molar-refractivity contribution in [2.75, 3.05) is 0 Å². The van der Waals surface area contributed by atoms with Gasteiger partial charge in [-0.05, 0) is 12.8 Å².